The van der Waals surface area contributed by atoms with Crippen molar-refractivity contribution in [1.82, 2.24) is 5.48 Å². The summed E-state index contributed by atoms with van der Waals surface area (Å²) in [5.41, 5.74) is 6.01. The van der Waals surface area contributed by atoms with E-state index in [1.165, 1.54) is 0 Å². The molecule has 0 unspecified atom stereocenters. The number of hydrogen-bond acceptors (Lipinski definition) is 3. The van der Waals surface area contributed by atoms with Gasteiger partial charge < -0.3 is 5.32 Å². The number of carbonyl (C=O) groups excluding carboxylic acids is 2. The van der Waals surface area contributed by atoms with Gasteiger partial charge in [-0.15, -0.1) is 0 Å². The molecule has 26 heavy (non-hydrogen) atoms. The number of carbonyl (C=O) groups is 2. The number of hydroxylamine groups is 1. The largest absolute Gasteiger partial charge is 0.322 e. The molecule has 3 rings (SSSR count). The smallest absolute Gasteiger partial charge is 0.274 e. The van der Waals surface area contributed by atoms with Crippen LogP contribution in [0.5, 0.6) is 0 Å². The maximum atomic E-state index is 12.5. The lowest BCUT2D eigenvalue weighted by Crippen LogP contribution is -2.18. The molecule has 0 fully saturated rings. The molecule has 0 bridgehead atoms. The van der Waals surface area contributed by atoms with E-state index in [1.54, 1.807) is 35.8 Å². The van der Waals surface area contributed by atoms with Crippen molar-refractivity contribution in [3.8, 4) is 11.1 Å². The van der Waals surface area contributed by atoms with Crippen LogP contribution in [0.2, 0.25) is 0 Å². The summed E-state index contributed by atoms with van der Waals surface area (Å²) < 4.78 is 0. The highest BCUT2D eigenvalue weighted by Crippen LogP contribution is 2.23. The van der Waals surface area contributed by atoms with Crippen molar-refractivity contribution in [3.63, 3.8) is 0 Å². The quantitative estimate of drug-likeness (QED) is 0.493. The average molecular weight is 346 g/mol. The number of benzene rings is 3. The Hall–Kier alpha value is -3.44. The highest BCUT2D eigenvalue weighted by molar-refractivity contribution is 6.05. The number of rotatable bonds is 4. The van der Waals surface area contributed by atoms with Crippen LogP contribution in [0.15, 0.2) is 72.8 Å². The molecule has 0 aliphatic carbocycles. The van der Waals surface area contributed by atoms with Crippen molar-refractivity contribution in [2.45, 2.75) is 6.92 Å². The zero-order valence-corrected chi connectivity index (χ0v) is 14.2. The van der Waals surface area contributed by atoms with E-state index in [0.717, 1.165) is 16.7 Å². The summed E-state index contributed by atoms with van der Waals surface area (Å²) in [6, 6.07) is 21.7. The van der Waals surface area contributed by atoms with E-state index in [9.17, 15) is 9.59 Å². The molecule has 0 aromatic heterocycles. The maximum Gasteiger partial charge on any atom is 0.274 e. The van der Waals surface area contributed by atoms with Gasteiger partial charge >= 0.3 is 0 Å². The van der Waals surface area contributed by atoms with E-state index in [-0.39, 0.29) is 5.91 Å². The molecule has 130 valence electrons. The van der Waals surface area contributed by atoms with E-state index >= 15 is 0 Å². The Balaban J connectivity index is 1.81. The molecular weight excluding hydrogens is 328 g/mol. The van der Waals surface area contributed by atoms with Crippen LogP contribution >= 0.6 is 0 Å². The molecule has 0 saturated heterocycles. The third-order valence-electron chi connectivity index (χ3n) is 4.09. The predicted octanol–water partition coefficient (Wildman–Crippen LogP) is 4.03. The Morgan fingerprint density at radius 3 is 2.23 bits per heavy atom. The predicted molar refractivity (Wildman–Crippen MR) is 100 cm³/mol. The normalized spacial score (nSPS) is 10.2. The Labute approximate surface area is 151 Å². The SMILES string of the molecule is Cc1ccccc1C(=O)Nc1cccc(-c2ccc(C(=O)NO)cc2)c1. The molecule has 0 aliphatic rings. The van der Waals surface area contributed by atoms with Crippen molar-refractivity contribution in [1.29, 1.82) is 0 Å². The molecule has 0 heterocycles. The fraction of sp³-hybridized carbons (Fsp3) is 0.0476. The van der Waals surface area contributed by atoms with Crippen LogP contribution in [-0.4, -0.2) is 17.0 Å². The summed E-state index contributed by atoms with van der Waals surface area (Å²) in [5.74, 6) is -0.717. The lowest BCUT2D eigenvalue weighted by Gasteiger charge is -2.10. The first-order chi connectivity index (χ1) is 12.6. The van der Waals surface area contributed by atoms with Gasteiger partial charge in [0, 0.05) is 16.8 Å². The minimum absolute atomic E-state index is 0.157. The molecule has 3 aromatic carbocycles. The average Bonchev–Trinajstić information content (AvgIpc) is 2.68. The first-order valence-corrected chi connectivity index (χ1v) is 8.10. The summed E-state index contributed by atoms with van der Waals surface area (Å²) in [4.78, 5) is 23.8. The number of amides is 2. The molecule has 0 spiro atoms. The number of anilines is 1. The van der Waals surface area contributed by atoms with Crippen molar-refractivity contribution in [2.24, 2.45) is 0 Å². The third-order valence-corrected chi connectivity index (χ3v) is 4.09. The van der Waals surface area contributed by atoms with Crippen LogP contribution in [0, 0.1) is 6.92 Å². The van der Waals surface area contributed by atoms with E-state index in [1.807, 2.05) is 49.4 Å². The highest BCUT2D eigenvalue weighted by atomic mass is 16.5. The Bertz CT molecular complexity index is 949. The number of hydrogen-bond donors (Lipinski definition) is 3. The molecule has 0 atom stereocenters. The van der Waals surface area contributed by atoms with E-state index in [0.29, 0.717) is 16.8 Å². The Kier molecular flexibility index (Phi) is 5.10. The summed E-state index contributed by atoms with van der Waals surface area (Å²) >= 11 is 0. The van der Waals surface area contributed by atoms with E-state index in [2.05, 4.69) is 5.32 Å². The van der Waals surface area contributed by atoms with Crippen LogP contribution in [-0.2, 0) is 0 Å². The number of nitrogens with one attached hydrogen (secondary N) is 2. The molecule has 0 aliphatic heterocycles. The molecule has 5 nitrogen and oxygen atoms in total. The minimum Gasteiger partial charge on any atom is -0.322 e. The van der Waals surface area contributed by atoms with Gasteiger partial charge in [-0.2, -0.15) is 0 Å². The van der Waals surface area contributed by atoms with Gasteiger partial charge in [0.05, 0.1) is 0 Å². The van der Waals surface area contributed by atoms with Crippen molar-refractivity contribution in [2.75, 3.05) is 5.32 Å². The lowest BCUT2D eigenvalue weighted by molar-refractivity contribution is 0.0706. The van der Waals surface area contributed by atoms with Gasteiger partial charge in [-0.3, -0.25) is 14.8 Å². The Morgan fingerprint density at radius 1 is 0.808 bits per heavy atom. The molecule has 2 amide bonds. The van der Waals surface area contributed by atoms with E-state index < -0.39 is 5.91 Å². The molecule has 3 aromatic rings. The first kappa shape index (κ1) is 17.4. The van der Waals surface area contributed by atoms with Crippen LogP contribution in [0.1, 0.15) is 26.3 Å². The fourth-order valence-electron chi connectivity index (χ4n) is 2.68. The summed E-state index contributed by atoms with van der Waals surface area (Å²) in [7, 11) is 0. The van der Waals surface area contributed by atoms with Crippen LogP contribution in [0.3, 0.4) is 0 Å². The zero-order chi connectivity index (χ0) is 18.5. The van der Waals surface area contributed by atoms with Crippen LogP contribution in [0.25, 0.3) is 11.1 Å². The summed E-state index contributed by atoms with van der Waals surface area (Å²) in [6.07, 6.45) is 0. The minimum atomic E-state index is -0.559. The fourth-order valence-corrected chi connectivity index (χ4v) is 2.68. The highest BCUT2D eigenvalue weighted by Gasteiger charge is 2.09. The standard InChI is InChI=1S/C21H18N2O3/c1-14-5-2-3-8-19(14)21(25)22-18-7-4-6-17(13-18)15-9-11-16(12-10-15)20(24)23-26/h2-13,26H,1H3,(H,22,25)(H,23,24). The van der Waals surface area contributed by atoms with Crippen molar-refractivity contribution < 1.29 is 14.8 Å². The van der Waals surface area contributed by atoms with Crippen LogP contribution in [0.4, 0.5) is 5.69 Å². The molecule has 0 saturated carbocycles. The van der Waals surface area contributed by atoms with Gasteiger partial charge in [0.1, 0.15) is 0 Å². The third kappa shape index (κ3) is 3.79. The molecule has 5 heteroatoms. The molecule has 3 N–H and O–H groups in total. The van der Waals surface area contributed by atoms with Gasteiger partial charge in [0.25, 0.3) is 11.8 Å². The monoisotopic (exact) mass is 346 g/mol. The Morgan fingerprint density at radius 2 is 1.54 bits per heavy atom. The van der Waals surface area contributed by atoms with Gasteiger partial charge in [-0.1, -0.05) is 42.5 Å². The maximum absolute atomic E-state index is 12.5. The van der Waals surface area contributed by atoms with E-state index in [4.69, 9.17) is 5.21 Å². The lowest BCUT2D eigenvalue weighted by atomic mass is 10.0. The summed E-state index contributed by atoms with van der Waals surface area (Å²) in [6.45, 7) is 1.90. The van der Waals surface area contributed by atoms with Crippen molar-refractivity contribution >= 4 is 17.5 Å². The second-order valence-electron chi connectivity index (χ2n) is 5.87. The first-order valence-electron chi connectivity index (χ1n) is 8.10. The summed E-state index contributed by atoms with van der Waals surface area (Å²) in [5, 5.41) is 11.6. The second kappa shape index (κ2) is 7.63. The van der Waals surface area contributed by atoms with Gasteiger partial charge in [-0.05, 0) is 53.9 Å². The van der Waals surface area contributed by atoms with Gasteiger partial charge in [0.15, 0.2) is 0 Å². The topological polar surface area (TPSA) is 78.4 Å². The van der Waals surface area contributed by atoms with Crippen LogP contribution < -0.4 is 10.8 Å². The second-order valence-corrected chi connectivity index (χ2v) is 5.87. The number of aryl methyl sites for hydroxylation is 1. The zero-order valence-electron chi connectivity index (χ0n) is 14.2. The van der Waals surface area contributed by atoms with Crippen molar-refractivity contribution in [3.05, 3.63) is 89.5 Å². The molecular formula is C21H18N2O3. The van der Waals surface area contributed by atoms with Gasteiger partial charge in [0.2, 0.25) is 0 Å². The van der Waals surface area contributed by atoms with Gasteiger partial charge in [-0.25, -0.2) is 5.48 Å². The molecule has 0 radical (unpaired) electrons.